The van der Waals surface area contributed by atoms with Crippen molar-refractivity contribution in [3.8, 4) is 5.69 Å². The SMILES string of the molecule is COC(=O)c1nc(C)n(-c2ccc(C(N)=O)cc2)c1N. The lowest BCUT2D eigenvalue weighted by atomic mass is 10.2. The van der Waals surface area contributed by atoms with Crippen molar-refractivity contribution in [3.63, 3.8) is 0 Å². The van der Waals surface area contributed by atoms with Crippen LogP contribution in [0.1, 0.15) is 26.7 Å². The van der Waals surface area contributed by atoms with E-state index in [1.165, 1.54) is 7.11 Å². The Labute approximate surface area is 115 Å². The smallest absolute Gasteiger partial charge is 0.360 e. The van der Waals surface area contributed by atoms with Crippen LogP contribution < -0.4 is 11.5 Å². The summed E-state index contributed by atoms with van der Waals surface area (Å²) in [5.74, 6) is -0.392. The molecule has 1 aromatic carbocycles. The number of rotatable bonds is 3. The van der Waals surface area contributed by atoms with Gasteiger partial charge in [-0.3, -0.25) is 9.36 Å². The van der Waals surface area contributed by atoms with Crippen LogP contribution in [0.2, 0.25) is 0 Å². The zero-order chi connectivity index (χ0) is 14.9. The molecule has 7 heteroatoms. The first-order chi connectivity index (χ1) is 9.45. The molecular weight excluding hydrogens is 260 g/mol. The van der Waals surface area contributed by atoms with Crippen LogP contribution in [-0.2, 0) is 4.74 Å². The Morgan fingerprint density at radius 3 is 2.35 bits per heavy atom. The molecule has 0 radical (unpaired) electrons. The Balaban J connectivity index is 2.50. The summed E-state index contributed by atoms with van der Waals surface area (Å²) in [5, 5.41) is 0. The number of amides is 1. The molecule has 0 unspecified atom stereocenters. The van der Waals surface area contributed by atoms with Gasteiger partial charge < -0.3 is 16.2 Å². The van der Waals surface area contributed by atoms with E-state index in [0.29, 0.717) is 17.1 Å². The number of carbonyl (C=O) groups excluding carboxylic acids is 2. The van der Waals surface area contributed by atoms with Gasteiger partial charge >= 0.3 is 5.97 Å². The normalized spacial score (nSPS) is 10.3. The van der Waals surface area contributed by atoms with Crippen LogP contribution in [0.15, 0.2) is 24.3 Å². The topological polar surface area (TPSA) is 113 Å². The highest BCUT2D eigenvalue weighted by molar-refractivity contribution is 5.93. The number of methoxy groups -OCH3 is 1. The minimum atomic E-state index is -0.599. The number of aromatic nitrogens is 2. The van der Waals surface area contributed by atoms with E-state index in [4.69, 9.17) is 11.5 Å². The molecule has 104 valence electrons. The molecule has 4 N–H and O–H groups in total. The number of hydrogen-bond acceptors (Lipinski definition) is 5. The number of esters is 1. The second-order valence-electron chi connectivity index (χ2n) is 4.13. The van der Waals surface area contributed by atoms with Crippen LogP contribution in [0.25, 0.3) is 5.69 Å². The minimum Gasteiger partial charge on any atom is -0.464 e. The molecule has 1 amide bonds. The fourth-order valence-electron chi connectivity index (χ4n) is 1.90. The van der Waals surface area contributed by atoms with Gasteiger partial charge in [0.05, 0.1) is 7.11 Å². The van der Waals surface area contributed by atoms with E-state index in [0.717, 1.165) is 0 Å². The Morgan fingerprint density at radius 1 is 1.25 bits per heavy atom. The third-order valence-electron chi connectivity index (χ3n) is 2.87. The monoisotopic (exact) mass is 274 g/mol. The van der Waals surface area contributed by atoms with Gasteiger partial charge in [-0.15, -0.1) is 0 Å². The molecule has 0 fully saturated rings. The maximum atomic E-state index is 11.5. The molecule has 20 heavy (non-hydrogen) atoms. The summed E-state index contributed by atoms with van der Waals surface area (Å²) < 4.78 is 6.21. The standard InChI is InChI=1S/C13H14N4O3/c1-7-16-10(13(19)20-2)11(14)17(7)9-5-3-8(4-6-9)12(15)18/h3-6H,14H2,1-2H3,(H2,15,18). The highest BCUT2D eigenvalue weighted by atomic mass is 16.5. The first-order valence-corrected chi connectivity index (χ1v) is 5.79. The quantitative estimate of drug-likeness (QED) is 0.798. The van der Waals surface area contributed by atoms with Crippen molar-refractivity contribution in [2.45, 2.75) is 6.92 Å². The number of nitrogens with two attached hydrogens (primary N) is 2. The van der Waals surface area contributed by atoms with Crippen molar-refractivity contribution in [2.24, 2.45) is 5.73 Å². The number of aryl methyl sites for hydroxylation is 1. The third-order valence-corrected chi connectivity index (χ3v) is 2.87. The molecule has 2 rings (SSSR count). The van der Waals surface area contributed by atoms with Gasteiger partial charge in [-0.05, 0) is 31.2 Å². The van der Waals surface area contributed by atoms with Gasteiger partial charge in [-0.2, -0.15) is 0 Å². The second kappa shape index (κ2) is 5.04. The number of primary amides is 1. The summed E-state index contributed by atoms with van der Waals surface area (Å²) in [4.78, 5) is 26.7. The summed E-state index contributed by atoms with van der Waals surface area (Å²) >= 11 is 0. The van der Waals surface area contributed by atoms with Gasteiger partial charge in [0.25, 0.3) is 0 Å². The van der Waals surface area contributed by atoms with Crippen molar-refractivity contribution in [2.75, 3.05) is 12.8 Å². The number of hydrogen-bond donors (Lipinski definition) is 2. The zero-order valence-electron chi connectivity index (χ0n) is 11.1. The van der Waals surface area contributed by atoms with Crippen molar-refractivity contribution in [3.05, 3.63) is 41.3 Å². The summed E-state index contributed by atoms with van der Waals surface area (Å²) in [7, 11) is 1.26. The largest absolute Gasteiger partial charge is 0.464 e. The van der Waals surface area contributed by atoms with E-state index >= 15 is 0 Å². The number of nitrogens with zero attached hydrogens (tertiary/aromatic N) is 2. The van der Waals surface area contributed by atoms with Crippen LogP contribution >= 0.6 is 0 Å². The number of benzene rings is 1. The molecule has 1 aromatic heterocycles. The number of imidazole rings is 1. The molecule has 0 atom stereocenters. The summed E-state index contributed by atoms with van der Waals surface area (Å²) in [6.45, 7) is 1.71. The molecule has 1 heterocycles. The first kappa shape index (κ1) is 13.6. The Morgan fingerprint density at radius 2 is 1.85 bits per heavy atom. The van der Waals surface area contributed by atoms with Gasteiger partial charge in [-0.25, -0.2) is 9.78 Å². The van der Waals surface area contributed by atoms with E-state index < -0.39 is 11.9 Å². The number of anilines is 1. The second-order valence-corrected chi connectivity index (χ2v) is 4.13. The van der Waals surface area contributed by atoms with Crippen molar-refractivity contribution < 1.29 is 14.3 Å². The van der Waals surface area contributed by atoms with Crippen LogP contribution in [0.4, 0.5) is 5.82 Å². The van der Waals surface area contributed by atoms with Gasteiger partial charge in [0.1, 0.15) is 11.6 Å². The zero-order valence-corrected chi connectivity index (χ0v) is 11.1. The molecule has 0 saturated carbocycles. The van der Waals surface area contributed by atoms with E-state index in [-0.39, 0.29) is 11.5 Å². The van der Waals surface area contributed by atoms with Gasteiger partial charge in [0.15, 0.2) is 5.69 Å². The van der Waals surface area contributed by atoms with Crippen LogP contribution in [-0.4, -0.2) is 28.5 Å². The maximum Gasteiger partial charge on any atom is 0.360 e. The minimum absolute atomic E-state index is 0.0592. The highest BCUT2D eigenvalue weighted by Crippen LogP contribution is 2.21. The lowest BCUT2D eigenvalue weighted by Gasteiger charge is -2.08. The van der Waals surface area contributed by atoms with E-state index in [1.807, 2.05) is 0 Å². The molecule has 0 bridgehead atoms. The van der Waals surface area contributed by atoms with Crippen molar-refractivity contribution in [1.29, 1.82) is 0 Å². The molecule has 2 aromatic rings. The summed E-state index contributed by atoms with van der Waals surface area (Å²) in [6.07, 6.45) is 0. The van der Waals surface area contributed by atoms with Crippen molar-refractivity contribution in [1.82, 2.24) is 9.55 Å². The average Bonchev–Trinajstić information content (AvgIpc) is 2.73. The molecule has 0 saturated heterocycles. The van der Waals surface area contributed by atoms with Gasteiger partial charge in [0, 0.05) is 11.3 Å². The van der Waals surface area contributed by atoms with Gasteiger partial charge in [-0.1, -0.05) is 0 Å². The molecule has 7 nitrogen and oxygen atoms in total. The Kier molecular flexibility index (Phi) is 3.43. The molecule has 0 aliphatic heterocycles. The predicted octanol–water partition coefficient (Wildman–Crippen LogP) is 0.648. The lowest BCUT2D eigenvalue weighted by Crippen LogP contribution is -2.11. The third kappa shape index (κ3) is 2.20. The maximum absolute atomic E-state index is 11.5. The van der Waals surface area contributed by atoms with Gasteiger partial charge in [0.2, 0.25) is 5.91 Å². The van der Waals surface area contributed by atoms with Crippen molar-refractivity contribution >= 4 is 17.7 Å². The Hall–Kier alpha value is -2.83. The Bertz CT molecular complexity index is 674. The first-order valence-electron chi connectivity index (χ1n) is 5.79. The fraction of sp³-hybridized carbons (Fsp3) is 0.154. The number of nitrogen functional groups attached to an aromatic ring is 1. The van der Waals surface area contributed by atoms with Crippen LogP contribution in [0, 0.1) is 6.92 Å². The van der Waals surface area contributed by atoms with E-state index in [9.17, 15) is 9.59 Å². The van der Waals surface area contributed by atoms with Crippen LogP contribution in [0.5, 0.6) is 0 Å². The van der Waals surface area contributed by atoms with E-state index in [2.05, 4.69) is 9.72 Å². The fourth-order valence-corrected chi connectivity index (χ4v) is 1.90. The van der Waals surface area contributed by atoms with E-state index in [1.54, 1.807) is 35.8 Å². The average molecular weight is 274 g/mol. The molecule has 0 spiro atoms. The summed E-state index contributed by atoms with van der Waals surface area (Å²) in [6, 6.07) is 6.50. The number of ether oxygens (including phenoxy) is 1. The lowest BCUT2D eigenvalue weighted by molar-refractivity contribution is 0.0595. The molecule has 0 aliphatic rings. The molecule has 0 aliphatic carbocycles. The van der Waals surface area contributed by atoms with Crippen LogP contribution in [0.3, 0.4) is 0 Å². The molecular formula is C13H14N4O3. The summed E-state index contributed by atoms with van der Waals surface area (Å²) in [5.41, 5.74) is 12.2. The number of carbonyl (C=O) groups is 2. The highest BCUT2D eigenvalue weighted by Gasteiger charge is 2.20. The predicted molar refractivity (Wildman–Crippen MR) is 72.6 cm³/mol.